The molecule has 1 N–H and O–H groups in total. The zero-order valence-corrected chi connectivity index (χ0v) is 19.9. The lowest BCUT2D eigenvalue weighted by Crippen LogP contribution is -2.52. The summed E-state index contributed by atoms with van der Waals surface area (Å²) in [7, 11) is 0. The van der Waals surface area contributed by atoms with E-state index < -0.39 is 0 Å². The monoisotopic (exact) mass is 475 g/mol. The number of hydrogen-bond acceptors (Lipinski definition) is 5. The van der Waals surface area contributed by atoms with E-state index in [9.17, 15) is 14.4 Å². The van der Waals surface area contributed by atoms with Gasteiger partial charge in [0.15, 0.2) is 0 Å². The lowest BCUT2D eigenvalue weighted by atomic mass is 9.69. The van der Waals surface area contributed by atoms with Gasteiger partial charge in [0, 0.05) is 43.1 Å². The van der Waals surface area contributed by atoms with Crippen LogP contribution in [0.25, 0.3) is 0 Å². The van der Waals surface area contributed by atoms with Crippen molar-refractivity contribution in [2.45, 2.75) is 70.1 Å². The van der Waals surface area contributed by atoms with Crippen LogP contribution in [-0.4, -0.2) is 54.4 Å². The number of carbonyl (C=O) groups is 3. The first-order valence-electron chi connectivity index (χ1n) is 12.2. The van der Waals surface area contributed by atoms with Crippen LogP contribution in [0, 0.1) is 11.8 Å². The molecule has 1 aromatic rings. The fourth-order valence-electron chi connectivity index (χ4n) is 6.19. The molecular weight excluding hydrogens is 442 g/mol. The Kier molecular flexibility index (Phi) is 7.59. The Morgan fingerprint density at radius 3 is 2.67 bits per heavy atom. The van der Waals surface area contributed by atoms with Crippen LogP contribution < -0.4 is 10.2 Å². The third kappa shape index (κ3) is 5.19. The number of ketones is 1. The Morgan fingerprint density at radius 2 is 1.85 bits per heavy atom. The average molecular weight is 476 g/mol. The predicted molar refractivity (Wildman–Crippen MR) is 127 cm³/mol. The standard InChI is InChI=1S/C25H33N3O4.ClH/c29-23-7-3-5-17-14-19(8-9-21(17)23)26-24(30)15-27-12-10-20(11-13-27)28-22-6-2-1-4-18(22)16-32-25(28)31;/h1-2,4,6,17,19-21H,3,5,7-16H2,(H,26,30);1H. The van der Waals surface area contributed by atoms with E-state index in [2.05, 4.69) is 10.2 Å². The Hall–Kier alpha value is -2.12. The van der Waals surface area contributed by atoms with Crippen LogP contribution in [0.15, 0.2) is 24.3 Å². The fourth-order valence-corrected chi connectivity index (χ4v) is 6.19. The summed E-state index contributed by atoms with van der Waals surface area (Å²) in [6, 6.07) is 8.22. The first kappa shape index (κ1) is 24.0. The number of amides is 2. The Labute approximate surface area is 201 Å². The van der Waals surface area contributed by atoms with Crippen molar-refractivity contribution in [2.75, 3.05) is 24.5 Å². The molecule has 2 aliphatic carbocycles. The van der Waals surface area contributed by atoms with Gasteiger partial charge in [-0.2, -0.15) is 0 Å². The predicted octanol–water partition coefficient (Wildman–Crippen LogP) is 3.68. The minimum atomic E-state index is -0.267. The summed E-state index contributed by atoms with van der Waals surface area (Å²) in [5.74, 6) is 1.21. The second kappa shape index (κ2) is 10.4. The van der Waals surface area contributed by atoms with E-state index in [4.69, 9.17) is 4.74 Å². The molecule has 180 valence electrons. The maximum absolute atomic E-state index is 12.7. The number of cyclic esters (lactones) is 1. The number of Topliss-reactive ketones (excluding diaryl/α,β-unsaturated/α-hetero) is 1. The summed E-state index contributed by atoms with van der Waals surface area (Å²) in [6.45, 7) is 2.31. The molecule has 2 aliphatic heterocycles. The van der Waals surface area contributed by atoms with Gasteiger partial charge in [-0.15, -0.1) is 12.4 Å². The van der Waals surface area contributed by atoms with Crippen LogP contribution in [0.4, 0.5) is 10.5 Å². The van der Waals surface area contributed by atoms with Gasteiger partial charge in [-0.25, -0.2) is 4.79 Å². The van der Waals surface area contributed by atoms with Gasteiger partial charge in [0.05, 0.1) is 12.2 Å². The number of para-hydroxylation sites is 1. The highest BCUT2D eigenvalue weighted by atomic mass is 35.5. The first-order chi connectivity index (χ1) is 15.6. The molecule has 0 spiro atoms. The molecule has 2 saturated carbocycles. The Morgan fingerprint density at radius 1 is 1.06 bits per heavy atom. The van der Waals surface area contributed by atoms with Crippen LogP contribution in [0.3, 0.4) is 0 Å². The highest BCUT2D eigenvalue weighted by Gasteiger charge is 2.38. The number of benzene rings is 1. The van der Waals surface area contributed by atoms with Gasteiger partial charge < -0.3 is 10.1 Å². The lowest BCUT2D eigenvalue weighted by Gasteiger charge is -2.40. The minimum absolute atomic E-state index is 0. The fraction of sp³-hybridized carbons (Fsp3) is 0.640. The Bertz CT molecular complexity index is 886. The van der Waals surface area contributed by atoms with Crippen molar-refractivity contribution in [1.82, 2.24) is 10.2 Å². The van der Waals surface area contributed by atoms with Gasteiger partial charge in [-0.05, 0) is 56.9 Å². The molecule has 0 bridgehead atoms. The summed E-state index contributed by atoms with van der Waals surface area (Å²) in [5, 5.41) is 3.23. The lowest BCUT2D eigenvalue weighted by molar-refractivity contribution is -0.128. The van der Waals surface area contributed by atoms with E-state index >= 15 is 0 Å². The van der Waals surface area contributed by atoms with Gasteiger partial charge in [0.1, 0.15) is 12.4 Å². The Balaban J connectivity index is 0.00000259. The summed E-state index contributed by atoms with van der Waals surface area (Å²) >= 11 is 0. The summed E-state index contributed by atoms with van der Waals surface area (Å²) < 4.78 is 5.38. The quantitative estimate of drug-likeness (QED) is 0.718. The number of fused-ring (bicyclic) bond motifs is 2. The molecule has 7 nitrogen and oxygen atoms in total. The number of carbonyl (C=O) groups excluding carboxylic acids is 3. The smallest absolute Gasteiger partial charge is 0.414 e. The van der Waals surface area contributed by atoms with E-state index in [1.807, 2.05) is 24.3 Å². The number of nitrogens with zero attached hydrogens (tertiary/aromatic N) is 2. The summed E-state index contributed by atoms with van der Waals surface area (Å²) in [4.78, 5) is 41.3. The molecule has 3 unspecified atom stereocenters. The van der Waals surface area contributed by atoms with Crippen LogP contribution >= 0.6 is 12.4 Å². The number of halogens is 1. The van der Waals surface area contributed by atoms with Gasteiger partial charge in [-0.1, -0.05) is 18.2 Å². The molecular formula is C25H34ClN3O4. The van der Waals surface area contributed by atoms with E-state index in [-0.39, 0.29) is 42.4 Å². The van der Waals surface area contributed by atoms with Crippen molar-refractivity contribution < 1.29 is 19.1 Å². The molecule has 4 aliphatic rings. The summed E-state index contributed by atoms with van der Waals surface area (Å²) in [5.41, 5.74) is 2.00. The number of anilines is 1. The molecule has 8 heteroatoms. The molecule has 0 radical (unpaired) electrons. The molecule has 2 amide bonds. The van der Waals surface area contributed by atoms with Crippen LogP contribution in [0.1, 0.15) is 56.9 Å². The molecule has 3 fully saturated rings. The van der Waals surface area contributed by atoms with Crippen LogP contribution in [0.2, 0.25) is 0 Å². The molecule has 1 aromatic carbocycles. The van der Waals surface area contributed by atoms with Crippen molar-refractivity contribution in [3.63, 3.8) is 0 Å². The van der Waals surface area contributed by atoms with Crippen LogP contribution in [-0.2, 0) is 20.9 Å². The third-order valence-electron chi connectivity index (χ3n) is 7.85. The second-order valence-electron chi connectivity index (χ2n) is 9.86. The van der Waals surface area contributed by atoms with Crippen molar-refractivity contribution in [3.8, 4) is 0 Å². The molecule has 33 heavy (non-hydrogen) atoms. The number of likely N-dealkylation sites (tertiary alicyclic amines) is 1. The SMILES string of the molecule is Cl.O=C(CN1CCC(N2C(=O)OCc3ccccc32)CC1)NC1CCC2C(=O)CCCC2C1. The molecule has 2 heterocycles. The summed E-state index contributed by atoms with van der Waals surface area (Å²) in [6.07, 6.45) is 7.04. The van der Waals surface area contributed by atoms with Gasteiger partial charge in [0.25, 0.3) is 0 Å². The molecule has 5 rings (SSSR count). The number of ether oxygens (including phenoxy) is 1. The van der Waals surface area contributed by atoms with Crippen LogP contribution in [0.5, 0.6) is 0 Å². The highest BCUT2D eigenvalue weighted by Crippen LogP contribution is 2.38. The van der Waals surface area contributed by atoms with E-state index in [1.54, 1.807) is 4.90 Å². The second-order valence-corrected chi connectivity index (χ2v) is 9.86. The molecule has 3 atom stereocenters. The largest absolute Gasteiger partial charge is 0.444 e. The maximum Gasteiger partial charge on any atom is 0.414 e. The van der Waals surface area contributed by atoms with Gasteiger partial charge in [-0.3, -0.25) is 19.4 Å². The topological polar surface area (TPSA) is 79.0 Å². The third-order valence-corrected chi connectivity index (χ3v) is 7.85. The van der Waals surface area contributed by atoms with E-state index in [0.29, 0.717) is 24.9 Å². The minimum Gasteiger partial charge on any atom is -0.444 e. The van der Waals surface area contributed by atoms with Crippen molar-refractivity contribution in [2.24, 2.45) is 11.8 Å². The number of piperidine rings is 1. The first-order valence-corrected chi connectivity index (χ1v) is 12.2. The average Bonchev–Trinajstić information content (AvgIpc) is 2.80. The molecule has 0 aromatic heterocycles. The maximum atomic E-state index is 12.7. The van der Waals surface area contributed by atoms with Crippen molar-refractivity contribution in [1.29, 1.82) is 0 Å². The highest BCUT2D eigenvalue weighted by molar-refractivity contribution is 5.91. The zero-order valence-electron chi connectivity index (χ0n) is 19.0. The molecule has 1 saturated heterocycles. The van der Waals surface area contributed by atoms with Gasteiger partial charge in [0.2, 0.25) is 5.91 Å². The van der Waals surface area contributed by atoms with E-state index in [0.717, 1.165) is 75.7 Å². The normalized spacial score (nSPS) is 28.2. The number of rotatable bonds is 4. The van der Waals surface area contributed by atoms with Crippen molar-refractivity contribution >= 4 is 35.9 Å². The van der Waals surface area contributed by atoms with Crippen molar-refractivity contribution in [3.05, 3.63) is 29.8 Å². The zero-order chi connectivity index (χ0) is 22.1. The number of nitrogens with one attached hydrogen (secondary N) is 1. The number of hydrogen-bond donors (Lipinski definition) is 1. The van der Waals surface area contributed by atoms with Gasteiger partial charge >= 0.3 is 6.09 Å². The van der Waals surface area contributed by atoms with E-state index in [1.165, 1.54) is 0 Å².